The number of methoxy groups -OCH3 is 1. The molecule has 1 aliphatic heterocycles. The van der Waals surface area contributed by atoms with Gasteiger partial charge in [-0.15, -0.1) is 23.5 Å². The lowest BCUT2D eigenvalue weighted by atomic mass is 10.1. The molecule has 0 saturated carbocycles. The smallest absolute Gasteiger partial charge is 0.414 e. The highest BCUT2D eigenvalue weighted by molar-refractivity contribution is 8.19. The highest BCUT2D eigenvalue weighted by Crippen LogP contribution is 2.47. The lowest BCUT2D eigenvalue weighted by molar-refractivity contribution is -0.205. The third kappa shape index (κ3) is 5.57. The molecule has 1 saturated heterocycles. The number of aliphatic hydroxyl groups excluding tert-OH is 1. The van der Waals surface area contributed by atoms with Crippen LogP contribution in [0.25, 0.3) is 0 Å². The Labute approximate surface area is 124 Å². The van der Waals surface area contributed by atoms with Crippen molar-refractivity contribution in [3.8, 4) is 0 Å². The van der Waals surface area contributed by atoms with Gasteiger partial charge in [-0.3, -0.25) is 0 Å². The van der Waals surface area contributed by atoms with Gasteiger partial charge in [-0.2, -0.15) is 13.2 Å². The summed E-state index contributed by atoms with van der Waals surface area (Å²) in [5.74, 6) is 1.11. The molecule has 1 N–H and O–H groups in total. The molecule has 0 amide bonds. The molecule has 0 aromatic carbocycles. The summed E-state index contributed by atoms with van der Waals surface area (Å²) in [7, 11) is 1.24. The van der Waals surface area contributed by atoms with Crippen molar-refractivity contribution >= 4 is 29.5 Å². The molecule has 8 heteroatoms. The number of hydrogen-bond donors (Lipinski definition) is 1. The summed E-state index contributed by atoms with van der Waals surface area (Å²) in [5.41, 5.74) is 0. The van der Waals surface area contributed by atoms with Gasteiger partial charge < -0.3 is 9.84 Å². The van der Waals surface area contributed by atoms with E-state index < -0.39 is 22.3 Å². The summed E-state index contributed by atoms with van der Waals surface area (Å²) in [6.45, 7) is 0. The second-order valence-corrected chi connectivity index (χ2v) is 7.42. The highest BCUT2D eigenvalue weighted by Gasteiger charge is 2.40. The zero-order valence-electron chi connectivity index (χ0n) is 11.0. The van der Waals surface area contributed by atoms with Crippen molar-refractivity contribution in [1.29, 1.82) is 0 Å². The van der Waals surface area contributed by atoms with Crippen molar-refractivity contribution in [2.75, 3.05) is 18.6 Å². The first kappa shape index (κ1) is 17.7. The SMILES string of the molecule is COC(=O)/C=C/C1(CC[C@H](O)C(F)(F)F)SCCCS1. The van der Waals surface area contributed by atoms with Crippen molar-refractivity contribution in [3.63, 3.8) is 0 Å². The summed E-state index contributed by atoms with van der Waals surface area (Å²) in [6.07, 6.45) is -3.34. The summed E-state index contributed by atoms with van der Waals surface area (Å²) in [4.78, 5) is 11.1. The summed E-state index contributed by atoms with van der Waals surface area (Å²) < 4.78 is 40.9. The number of carbonyl (C=O) groups is 1. The van der Waals surface area contributed by atoms with E-state index in [1.807, 2.05) is 0 Å². The molecule has 1 heterocycles. The fraction of sp³-hybridized carbons (Fsp3) is 0.750. The van der Waals surface area contributed by atoms with E-state index >= 15 is 0 Å². The standard InChI is InChI=1S/C12H17F3O3S2/c1-18-10(17)4-6-11(19-7-2-8-20-11)5-3-9(16)12(13,14)15/h4,6,9,16H,2-3,5,7-8H2,1H3/b6-4+/t9-/m0/s1. The van der Waals surface area contributed by atoms with Gasteiger partial charge in [-0.25, -0.2) is 4.79 Å². The molecule has 0 radical (unpaired) electrons. The minimum atomic E-state index is -4.60. The van der Waals surface area contributed by atoms with Crippen LogP contribution in [-0.2, 0) is 9.53 Å². The number of alkyl halides is 3. The van der Waals surface area contributed by atoms with Crippen LogP contribution in [0.5, 0.6) is 0 Å². The molecule has 1 fully saturated rings. The van der Waals surface area contributed by atoms with Gasteiger partial charge in [0.15, 0.2) is 0 Å². The minimum absolute atomic E-state index is 0.149. The highest BCUT2D eigenvalue weighted by atomic mass is 32.2. The van der Waals surface area contributed by atoms with Gasteiger partial charge in [0, 0.05) is 6.08 Å². The van der Waals surface area contributed by atoms with Gasteiger partial charge in [0.25, 0.3) is 0 Å². The van der Waals surface area contributed by atoms with Crippen molar-refractivity contribution < 1.29 is 27.8 Å². The zero-order chi connectivity index (χ0) is 15.2. The zero-order valence-corrected chi connectivity index (χ0v) is 12.6. The second kappa shape index (κ2) is 7.61. The van der Waals surface area contributed by atoms with Crippen LogP contribution in [0, 0.1) is 0 Å². The van der Waals surface area contributed by atoms with E-state index in [1.165, 1.54) is 36.7 Å². The van der Waals surface area contributed by atoms with Crippen molar-refractivity contribution in [1.82, 2.24) is 0 Å². The number of aliphatic hydroxyl groups is 1. The van der Waals surface area contributed by atoms with E-state index in [1.54, 1.807) is 6.08 Å². The summed E-state index contributed by atoms with van der Waals surface area (Å²) in [6, 6.07) is 0. The third-order valence-corrected chi connectivity index (χ3v) is 6.15. The lowest BCUT2D eigenvalue weighted by Crippen LogP contribution is -2.32. The number of ether oxygens (including phenoxy) is 1. The minimum Gasteiger partial charge on any atom is -0.466 e. The summed E-state index contributed by atoms with van der Waals surface area (Å²) in [5, 5.41) is 9.10. The van der Waals surface area contributed by atoms with E-state index in [2.05, 4.69) is 4.74 Å². The molecular weight excluding hydrogens is 313 g/mol. The molecule has 1 atom stereocenters. The van der Waals surface area contributed by atoms with Gasteiger partial charge in [-0.05, 0) is 30.8 Å². The number of thioether (sulfide) groups is 2. The Bertz CT molecular complexity index is 352. The Morgan fingerprint density at radius 1 is 1.45 bits per heavy atom. The van der Waals surface area contributed by atoms with Crippen LogP contribution in [0.3, 0.4) is 0 Å². The van der Waals surface area contributed by atoms with Crippen LogP contribution in [0.2, 0.25) is 0 Å². The number of halogens is 3. The Hall–Kier alpha value is -0.340. The maximum absolute atomic E-state index is 12.3. The molecule has 0 aromatic rings. The predicted molar refractivity (Wildman–Crippen MR) is 74.7 cm³/mol. The predicted octanol–water partition coefficient (Wildman–Crippen LogP) is 2.99. The van der Waals surface area contributed by atoms with Gasteiger partial charge in [0.2, 0.25) is 0 Å². The second-order valence-electron chi connectivity index (χ2n) is 4.31. The monoisotopic (exact) mass is 330 g/mol. The van der Waals surface area contributed by atoms with Crippen molar-refractivity contribution in [2.45, 2.75) is 35.6 Å². The van der Waals surface area contributed by atoms with Crippen LogP contribution in [0.1, 0.15) is 19.3 Å². The van der Waals surface area contributed by atoms with Crippen LogP contribution in [-0.4, -0.2) is 46.1 Å². The molecule has 0 bridgehead atoms. The molecule has 3 nitrogen and oxygen atoms in total. The van der Waals surface area contributed by atoms with Gasteiger partial charge >= 0.3 is 12.1 Å². The first-order valence-electron chi connectivity index (χ1n) is 6.09. The molecule has 0 aliphatic carbocycles. The fourth-order valence-electron chi connectivity index (χ4n) is 1.68. The average molecular weight is 330 g/mol. The Balaban J connectivity index is 2.69. The largest absolute Gasteiger partial charge is 0.466 e. The number of rotatable bonds is 5. The normalized spacial score (nSPS) is 20.9. The fourth-order valence-corrected chi connectivity index (χ4v) is 4.82. The first-order chi connectivity index (χ1) is 9.29. The third-order valence-electron chi connectivity index (χ3n) is 2.80. The number of carbonyl (C=O) groups excluding carboxylic acids is 1. The van der Waals surface area contributed by atoms with Crippen LogP contribution < -0.4 is 0 Å². The van der Waals surface area contributed by atoms with Crippen LogP contribution >= 0.6 is 23.5 Å². The van der Waals surface area contributed by atoms with Crippen LogP contribution in [0.4, 0.5) is 13.2 Å². The molecule has 116 valence electrons. The van der Waals surface area contributed by atoms with E-state index in [4.69, 9.17) is 5.11 Å². The molecule has 20 heavy (non-hydrogen) atoms. The lowest BCUT2D eigenvalue weighted by Gasteiger charge is -2.34. The number of hydrogen-bond acceptors (Lipinski definition) is 5. The number of esters is 1. The maximum Gasteiger partial charge on any atom is 0.414 e. The Morgan fingerprint density at radius 2 is 2.05 bits per heavy atom. The topological polar surface area (TPSA) is 46.5 Å². The molecule has 0 unspecified atom stereocenters. The quantitative estimate of drug-likeness (QED) is 0.620. The van der Waals surface area contributed by atoms with Gasteiger partial charge in [0.05, 0.1) is 11.2 Å². The van der Waals surface area contributed by atoms with Gasteiger partial charge in [-0.1, -0.05) is 6.08 Å². The molecule has 1 rings (SSSR count). The Kier molecular flexibility index (Phi) is 6.74. The van der Waals surface area contributed by atoms with E-state index in [0.29, 0.717) is 0 Å². The van der Waals surface area contributed by atoms with Crippen LogP contribution in [0.15, 0.2) is 12.2 Å². The van der Waals surface area contributed by atoms with E-state index in [9.17, 15) is 18.0 Å². The van der Waals surface area contributed by atoms with E-state index in [0.717, 1.165) is 17.9 Å². The van der Waals surface area contributed by atoms with E-state index in [-0.39, 0.29) is 12.8 Å². The van der Waals surface area contributed by atoms with Crippen molar-refractivity contribution in [2.24, 2.45) is 0 Å². The first-order valence-corrected chi connectivity index (χ1v) is 8.06. The summed E-state index contributed by atoms with van der Waals surface area (Å²) >= 11 is 3.01. The molecule has 0 spiro atoms. The van der Waals surface area contributed by atoms with Gasteiger partial charge in [0.1, 0.15) is 6.10 Å². The molecule has 1 aliphatic rings. The Morgan fingerprint density at radius 3 is 2.55 bits per heavy atom. The molecular formula is C12H17F3O3S2. The molecule has 0 aromatic heterocycles. The average Bonchev–Trinajstić information content (AvgIpc) is 2.42. The van der Waals surface area contributed by atoms with Crippen molar-refractivity contribution in [3.05, 3.63) is 12.2 Å². The maximum atomic E-state index is 12.3.